The molecule has 1 aromatic heterocycles. The Morgan fingerprint density at radius 2 is 1.73 bits per heavy atom. The SMILES string of the molecule is CCn1c(C)cc(O)c(C(c2ccc(SC)cc2)N2CCN(c3ccccc3F)CC2)c1=O. The molecule has 1 fully saturated rings. The molecule has 0 saturated carbocycles. The van der Waals surface area contributed by atoms with Gasteiger partial charge < -0.3 is 14.6 Å². The van der Waals surface area contributed by atoms with Crippen LogP contribution in [0.15, 0.2) is 64.3 Å². The van der Waals surface area contributed by atoms with Gasteiger partial charge in [-0.05, 0) is 56.0 Å². The molecule has 2 aromatic carbocycles. The molecule has 0 aliphatic carbocycles. The number of nitrogens with zero attached hydrogens (tertiary/aromatic N) is 3. The number of para-hydroxylation sites is 1. The highest BCUT2D eigenvalue weighted by molar-refractivity contribution is 7.98. The zero-order chi connectivity index (χ0) is 23.5. The van der Waals surface area contributed by atoms with Crippen molar-refractivity contribution in [2.24, 2.45) is 0 Å². The van der Waals surface area contributed by atoms with Crippen molar-refractivity contribution in [1.82, 2.24) is 9.47 Å². The minimum Gasteiger partial charge on any atom is -0.507 e. The monoisotopic (exact) mass is 467 g/mol. The number of halogens is 1. The van der Waals surface area contributed by atoms with Gasteiger partial charge in [0.2, 0.25) is 0 Å². The van der Waals surface area contributed by atoms with E-state index in [1.54, 1.807) is 34.5 Å². The van der Waals surface area contributed by atoms with Gasteiger partial charge in [0.1, 0.15) is 11.6 Å². The number of piperazine rings is 1. The van der Waals surface area contributed by atoms with Gasteiger partial charge in [0.05, 0.1) is 17.3 Å². The van der Waals surface area contributed by atoms with Crippen LogP contribution in [0.2, 0.25) is 0 Å². The van der Waals surface area contributed by atoms with Gasteiger partial charge in [-0.2, -0.15) is 0 Å². The number of thioether (sulfide) groups is 1. The van der Waals surface area contributed by atoms with E-state index in [1.165, 1.54) is 6.07 Å². The third-order valence-electron chi connectivity index (χ3n) is 6.42. The lowest BCUT2D eigenvalue weighted by atomic mass is 9.96. The Labute approximate surface area is 198 Å². The molecule has 0 bridgehead atoms. The normalized spacial score (nSPS) is 15.6. The molecular formula is C26H30FN3O2S. The summed E-state index contributed by atoms with van der Waals surface area (Å²) in [6, 6.07) is 16.3. The summed E-state index contributed by atoms with van der Waals surface area (Å²) in [7, 11) is 0. The third-order valence-corrected chi connectivity index (χ3v) is 7.16. The second-order valence-electron chi connectivity index (χ2n) is 8.28. The van der Waals surface area contributed by atoms with Gasteiger partial charge in [-0.1, -0.05) is 24.3 Å². The molecular weight excluding hydrogens is 437 g/mol. The van der Waals surface area contributed by atoms with Crippen LogP contribution in [0.4, 0.5) is 10.1 Å². The first kappa shape index (κ1) is 23.4. The lowest BCUT2D eigenvalue weighted by Gasteiger charge is -2.40. The predicted octanol–water partition coefficient (Wildman–Crippen LogP) is 4.65. The zero-order valence-electron chi connectivity index (χ0n) is 19.3. The van der Waals surface area contributed by atoms with Crippen molar-refractivity contribution in [3.05, 3.63) is 87.6 Å². The van der Waals surface area contributed by atoms with Crippen LogP contribution in [0.25, 0.3) is 0 Å². The molecule has 1 aliphatic heterocycles. The second kappa shape index (κ2) is 10.0. The number of hydrogen-bond donors (Lipinski definition) is 1. The lowest BCUT2D eigenvalue weighted by Crippen LogP contribution is -2.49. The molecule has 2 heterocycles. The molecule has 33 heavy (non-hydrogen) atoms. The first-order chi connectivity index (χ1) is 15.9. The number of hydrogen-bond acceptors (Lipinski definition) is 5. The molecule has 1 unspecified atom stereocenters. The van der Waals surface area contributed by atoms with Crippen molar-refractivity contribution in [3.8, 4) is 5.75 Å². The first-order valence-corrected chi connectivity index (χ1v) is 12.5. The maximum atomic E-state index is 14.3. The molecule has 3 aromatic rings. The van der Waals surface area contributed by atoms with Gasteiger partial charge in [-0.25, -0.2) is 4.39 Å². The molecule has 0 radical (unpaired) electrons. The van der Waals surface area contributed by atoms with E-state index >= 15 is 0 Å². The third kappa shape index (κ3) is 4.66. The summed E-state index contributed by atoms with van der Waals surface area (Å²) in [5.41, 5.74) is 2.55. The van der Waals surface area contributed by atoms with Gasteiger partial charge in [0.25, 0.3) is 5.56 Å². The number of aryl methyl sites for hydroxylation is 1. The molecule has 5 nitrogen and oxygen atoms in total. The number of aromatic nitrogens is 1. The minimum absolute atomic E-state index is 0.0256. The van der Waals surface area contributed by atoms with Crippen molar-refractivity contribution < 1.29 is 9.50 Å². The number of anilines is 1. The number of rotatable bonds is 6. The highest BCUT2D eigenvalue weighted by Crippen LogP contribution is 2.34. The summed E-state index contributed by atoms with van der Waals surface area (Å²) < 4.78 is 16.0. The summed E-state index contributed by atoms with van der Waals surface area (Å²) in [4.78, 5) is 18.9. The van der Waals surface area contributed by atoms with Crippen LogP contribution in [-0.4, -0.2) is 47.0 Å². The van der Waals surface area contributed by atoms with Crippen molar-refractivity contribution >= 4 is 17.4 Å². The summed E-state index contributed by atoms with van der Waals surface area (Å²) in [5, 5.41) is 10.9. The Morgan fingerprint density at radius 1 is 1.06 bits per heavy atom. The standard InChI is InChI=1S/C26H30FN3O2S/c1-4-30-18(2)17-23(31)24(26(30)32)25(19-9-11-20(33-3)12-10-19)29-15-13-28(14-16-29)22-8-6-5-7-21(22)27/h5-12,17,25,31H,4,13-16H2,1-3H3. The Bertz CT molecular complexity index is 1170. The van der Waals surface area contributed by atoms with E-state index in [0.717, 1.165) is 16.2 Å². The number of benzene rings is 2. The maximum absolute atomic E-state index is 14.3. The quantitative estimate of drug-likeness (QED) is 0.535. The Kier molecular flexibility index (Phi) is 7.10. The topological polar surface area (TPSA) is 48.7 Å². The molecule has 1 saturated heterocycles. The lowest BCUT2D eigenvalue weighted by molar-refractivity contribution is 0.207. The molecule has 174 valence electrons. The fourth-order valence-corrected chi connectivity index (χ4v) is 5.10. The highest BCUT2D eigenvalue weighted by Gasteiger charge is 2.31. The van der Waals surface area contributed by atoms with Crippen LogP contribution in [0.1, 0.15) is 29.8 Å². The largest absolute Gasteiger partial charge is 0.507 e. The smallest absolute Gasteiger partial charge is 0.259 e. The zero-order valence-corrected chi connectivity index (χ0v) is 20.1. The van der Waals surface area contributed by atoms with Crippen LogP contribution in [0.5, 0.6) is 5.75 Å². The van der Waals surface area contributed by atoms with Gasteiger partial charge in [-0.3, -0.25) is 9.69 Å². The van der Waals surface area contributed by atoms with Crippen molar-refractivity contribution in [2.45, 2.75) is 31.3 Å². The van der Waals surface area contributed by atoms with E-state index in [2.05, 4.69) is 4.90 Å². The van der Waals surface area contributed by atoms with E-state index in [4.69, 9.17) is 0 Å². The maximum Gasteiger partial charge on any atom is 0.259 e. The van der Waals surface area contributed by atoms with Crippen molar-refractivity contribution in [2.75, 3.05) is 37.3 Å². The van der Waals surface area contributed by atoms with E-state index in [-0.39, 0.29) is 23.2 Å². The van der Waals surface area contributed by atoms with Gasteiger partial charge in [0, 0.05) is 43.3 Å². The van der Waals surface area contributed by atoms with E-state index in [0.29, 0.717) is 44.0 Å². The predicted molar refractivity (Wildman–Crippen MR) is 133 cm³/mol. The van der Waals surface area contributed by atoms with Gasteiger partial charge >= 0.3 is 0 Å². The Morgan fingerprint density at radius 3 is 2.33 bits per heavy atom. The first-order valence-electron chi connectivity index (χ1n) is 11.2. The molecule has 4 rings (SSSR count). The van der Waals surface area contributed by atoms with Crippen LogP contribution in [0.3, 0.4) is 0 Å². The fraction of sp³-hybridized carbons (Fsp3) is 0.346. The molecule has 7 heteroatoms. The van der Waals surface area contributed by atoms with Crippen LogP contribution >= 0.6 is 11.8 Å². The summed E-state index contributed by atoms with van der Waals surface area (Å²) in [6.07, 6.45) is 2.03. The van der Waals surface area contributed by atoms with E-state index in [1.807, 2.05) is 55.3 Å². The number of aromatic hydroxyl groups is 1. The van der Waals surface area contributed by atoms with Crippen LogP contribution in [-0.2, 0) is 6.54 Å². The summed E-state index contributed by atoms with van der Waals surface area (Å²) in [5.74, 6) is -0.199. The average molecular weight is 468 g/mol. The molecule has 1 aliphatic rings. The molecule has 1 atom stereocenters. The van der Waals surface area contributed by atoms with Crippen molar-refractivity contribution in [3.63, 3.8) is 0 Å². The second-order valence-corrected chi connectivity index (χ2v) is 9.16. The Hall–Kier alpha value is -2.77. The Balaban J connectivity index is 1.72. The van der Waals surface area contributed by atoms with Crippen molar-refractivity contribution in [1.29, 1.82) is 0 Å². The minimum atomic E-state index is -0.380. The highest BCUT2D eigenvalue weighted by atomic mass is 32.2. The van der Waals surface area contributed by atoms with Gasteiger partial charge in [-0.15, -0.1) is 11.8 Å². The van der Waals surface area contributed by atoms with E-state index in [9.17, 15) is 14.3 Å². The van der Waals surface area contributed by atoms with Gasteiger partial charge in [0.15, 0.2) is 0 Å². The molecule has 0 spiro atoms. The average Bonchev–Trinajstić information content (AvgIpc) is 2.82. The fourth-order valence-electron chi connectivity index (χ4n) is 4.69. The summed E-state index contributed by atoms with van der Waals surface area (Å²) in [6.45, 7) is 6.86. The van der Waals surface area contributed by atoms with E-state index < -0.39 is 0 Å². The molecule has 1 N–H and O–H groups in total. The van der Waals surface area contributed by atoms with Crippen LogP contribution in [0, 0.1) is 12.7 Å². The summed E-state index contributed by atoms with van der Waals surface area (Å²) >= 11 is 1.66. The number of pyridine rings is 1. The molecule has 0 amide bonds. The van der Waals surface area contributed by atoms with Crippen LogP contribution < -0.4 is 10.5 Å².